The lowest BCUT2D eigenvalue weighted by atomic mass is 10.2. The second-order valence-electron chi connectivity index (χ2n) is 4.90. The molecule has 0 bridgehead atoms. The summed E-state index contributed by atoms with van der Waals surface area (Å²) in [5.74, 6) is -1.43. The Balaban J connectivity index is 1.63. The molecule has 3 rings (SSSR count). The van der Waals surface area contributed by atoms with Crippen LogP contribution in [0.3, 0.4) is 0 Å². The number of benzene rings is 2. The second-order valence-corrected chi connectivity index (χ2v) is 5.34. The van der Waals surface area contributed by atoms with Crippen LogP contribution in [0.5, 0.6) is 5.75 Å². The predicted octanol–water partition coefficient (Wildman–Crippen LogP) is 1.25. The summed E-state index contributed by atoms with van der Waals surface area (Å²) in [6, 6.07) is 11.2. The van der Waals surface area contributed by atoms with Crippen LogP contribution in [0.4, 0.5) is 0 Å². The van der Waals surface area contributed by atoms with E-state index in [0.717, 1.165) is 0 Å². The van der Waals surface area contributed by atoms with Gasteiger partial charge in [0.2, 0.25) is 0 Å². The fourth-order valence-corrected chi connectivity index (χ4v) is 2.27. The maximum Gasteiger partial charge on any atom is 0.273 e. The summed E-state index contributed by atoms with van der Waals surface area (Å²) in [6.07, 6.45) is 0. The number of halogens is 1. The van der Waals surface area contributed by atoms with Crippen molar-refractivity contribution in [3.63, 3.8) is 0 Å². The molecule has 122 valence electrons. The van der Waals surface area contributed by atoms with E-state index < -0.39 is 11.8 Å². The van der Waals surface area contributed by atoms with Gasteiger partial charge in [0, 0.05) is 5.02 Å². The smallest absolute Gasteiger partial charge is 0.273 e. The largest absolute Gasteiger partial charge is 0.507 e. The van der Waals surface area contributed by atoms with Crippen molar-refractivity contribution in [3.8, 4) is 5.75 Å². The van der Waals surface area contributed by atoms with Gasteiger partial charge in [-0.15, -0.1) is 5.10 Å². The molecule has 8 nitrogen and oxygen atoms in total. The van der Waals surface area contributed by atoms with E-state index in [4.69, 9.17) is 11.6 Å². The molecular formula is C15H12ClN5O3. The molecule has 24 heavy (non-hydrogen) atoms. The van der Waals surface area contributed by atoms with E-state index >= 15 is 0 Å². The van der Waals surface area contributed by atoms with E-state index in [-0.39, 0.29) is 17.9 Å². The first-order chi connectivity index (χ1) is 11.5. The van der Waals surface area contributed by atoms with Crippen LogP contribution in [0.25, 0.3) is 11.0 Å². The molecule has 2 amide bonds. The number of phenols is 1. The van der Waals surface area contributed by atoms with Crippen molar-refractivity contribution in [1.29, 1.82) is 0 Å². The van der Waals surface area contributed by atoms with E-state index in [2.05, 4.69) is 21.2 Å². The number of nitrogens with zero attached hydrogens (tertiary/aromatic N) is 3. The van der Waals surface area contributed by atoms with Gasteiger partial charge in [0.25, 0.3) is 11.8 Å². The van der Waals surface area contributed by atoms with E-state index in [9.17, 15) is 14.7 Å². The number of carbonyl (C=O) groups excluding carboxylic acids is 2. The summed E-state index contributed by atoms with van der Waals surface area (Å²) in [4.78, 5) is 23.9. The van der Waals surface area contributed by atoms with Crippen LogP contribution in [0.15, 0.2) is 42.5 Å². The van der Waals surface area contributed by atoms with Crippen molar-refractivity contribution in [3.05, 3.63) is 53.1 Å². The van der Waals surface area contributed by atoms with Gasteiger partial charge in [0.1, 0.15) is 17.8 Å². The molecule has 0 atom stereocenters. The van der Waals surface area contributed by atoms with Gasteiger partial charge < -0.3 is 5.11 Å². The third kappa shape index (κ3) is 3.28. The van der Waals surface area contributed by atoms with Gasteiger partial charge >= 0.3 is 0 Å². The Morgan fingerprint density at radius 2 is 1.96 bits per heavy atom. The van der Waals surface area contributed by atoms with Crippen LogP contribution in [0, 0.1) is 0 Å². The molecule has 0 aliphatic rings. The Labute approximate surface area is 141 Å². The van der Waals surface area contributed by atoms with Crippen LogP contribution in [0.2, 0.25) is 5.02 Å². The monoisotopic (exact) mass is 345 g/mol. The molecule has 2 aromatic carbocycles. The van der Waals surface area contributed by atoms with Crippen LogP contribution < -0.4 is 10.9 Å². The lowest BCUT2D eigenvalue weighted by Gasteiger charge is -2.09. The van der Waals surface area contributed by atoms with E-state index in [1.54, 1.807) is 12.1 Å². The average molecular weight is 346 g/mol. The van der Waals surface area contributed by atoms with Gasteiger partial charge in [-0.2, -0.15) is 0 Å². The summed E-state index contributed by atoms with van der Waals surface area (Å²) in [7, 11) is 0. The number of rotatable bonds is 3. The van der Waals surface area contributed by atoms with Crippen molar-refractivity contribution in [2.24, 2.45) is 0 Å². The zero-order valence-electron chi connectivity index (χ0n) is 12.2. The fourth-order valence-electron chi connectivity index (χ4n) is 2.09. The standard InChI is InChI=1S/C15H12ClN5O3/c16-9-5-6-13(22)10(7-9)15(24)19-18-14(23)8-21-12-4-2-1-3-11(12)17-20-21/h1-7,22H,8H2,(H,18,23)(H,19,24). The molecule has 3 N–H and O–H groups in total. The highest BCUT2D eigenvalue weighted by molar-refractivity contribution is 6.31. The van der Waals surface area contributed by atoms with Gasteiger partial charge in [-0.3, -0.25) is 20.4 Å². The van der Waals surface area contributed by atoms with Gasteiger partial charge in [0.05, 0.1) is 11.1 Å². The third-order valence-electron chi connectivity index (χ3n) is 3.23. The van der Waals surface area contributed by atoms with Crippen LogP contribution in [-0.2, 0) is 11.3 Å². The highest BCUT2D eigenvalue weighted by Crippen LogP contribution is 2.20. The number of aromatic hydroxyl groups is 1. The summed E-state index contributed by atoms with van der Waals surface area (Å²) >= 11 is 5.78. The lowest BCUT2D eigenvalue weighted by Crippen LogP contribution is -2.43. The Morgan fingerprint density at radius 1 is 1.17 bits per heavy atom. The van der Waals surface area contributed by atoms with Gasteiger partial charge in [0.15, 0.2) is 0 Å². The highest BCUT2D eigenvalue weighted by Gasteiger charge is 2.13. The minimum atomic E-state index is -0.688. The van der Waals surface area contributed by atoms with E-state index in [1.807, 2.05) is 12.1 Å². The van der Waals surface area contributed by atoms with Crippen molar-refractivity contribution >= 4 is 34.4 Å². The van der Waals surface area contributed by atoms with Crippen molar-refractivity contribution in [2.75, 3.05) is 0 Å². The van der Waals surface area contributed by atoms with Gasteiger partial charge in [-0.25, -0.2) is 4.68 Å². The number of fused-ring (bicyclic) bond motifs is 1. The predicted molar refractivity (Wildman–Crippen MR) is 86.3 cm³/mol. The molecule has 0 aliphatic heterocycles. The van der Waals surface area contributed by atoms with Crippen LogP contribution >= 0.6 is 11.6 Å². The summed E-state index contributed by atoms with van der Waals surface area (Å²) < 4.78 is 1.41. The highest BCUT2D eigenvalue weighted by atomic mass is 35.5. The van der Waals surface area contributed by atoms with Gasteiger partial charge in [-0.1, -0.05) is 28.9 Å². The normalized spacial score (nSPS) is 10.5. The minimum absolute atomic E-state index is 0.0472. The summed E-state index contributed by atoms with van der Waals surface area (Å²) in [6.45, 7) is -0.123. The molecule has 9 heteroatoms. The second kappa shape index (κ2) is 6.55. The lowest BCUT2D eigenvalue weighted by molar-refractivity contribution is -0.122. The Morgan fingerprint density at radius 3 is 2.79 bits per heavy atom. The molecule has 0 spiro atoms. The zero-order valence-corrected chi connectivity index (χ0v) is 13.0. The number of para-hydroxylation sites is 1. The molecule has 3 aromatic rings. The van der Waals surface area contributed by atoms with Gasteiger partial charge in [-0.05, 0) is 30.3 Å². The maximum atomic E-state index is 12.0. The summed E-state index contributed by atoms with van der Waals surface area (Å²) in [5.41, 5.74) is 5.78. The molecule has 1 heterocycles. The first kappa shape index (κ1) is 15.8. The van der Waals surface area contributed by atoms with Crippen molar-refractivity contribution in [2.45, 2.75) is 6.54 Å². The van der Waals surface area contributed by atoms with Crippen molar-refractivity contribution in [1.82, 2.24) is 25.8 Å². The number of phenolic OH excluding ortho intramolecular Hbond substituents is 1. The number of carbonyl (C=O) groups is 2. The number of hydrogen-bond donors (Lipinski definition) is 3. The first-order valence-electron chi connectivity index (χ1n) is 6.90. The van der Waals surface area contributed by atoms with E-state index in [0.29, 0.717) is 16.1 Å². The maximum absolute atomic E-state index is 12.0. The molecule has 0 saturated heterocycles. The molecule has 0 fully saturated rings. The molecule has 1 aromatic heterocycles. The Kier molecular flexibility index (Phi) is 4.30. The number of hydrazine groups is 1. The number of amides is 2. The Hall–Kier alpha value is -3.13. The Bertz CT molecular complexity index is 924. The topological polar surface area (TPSA) is 109 Å². The fraction of sp³-hybridized carbons (Fsp3) is 0.0667. The first-order valence-corrected chi connectivity index (χ1v) is 7.28. The molecule has 0 aliphatic carbocycles. The number of hydrogen-bond acceptors (Lipinski definition) is 5. The minimum Gasteiger partial charge on any atom is -0.507 e. The summed E-state index contributed by atoms with van der Waals surface area (Å²) in [5, 5.41) is 17.7. The van der Waals surface area contributed by atoms with Crippen molar-refractivity contribution < 1.29 is 14.7 Å². The molecule has 0 saturated carbocycles. The molecule has 0 radical (unpaired) electrons. The molecule has 0 unspecified atom stereocenters. The van der Waals surface area contributed by atoms with Crippen LogP contribution in [-0.4, -0.2) is 31.9 Å². The number of nitrogens with one attached hydrogen (secondary N) is 2. The SMILES string of the molecule is O=C(Cn1nnc2ccccc21)NNC(=O)c1cc(Cl)ccc1O. The quantitative estimate of drug-likeness (QED) is 0.619. The number of aromatic nitrogens is 3. The zero-order chi connectivity index (χ0) is 17.1. The van der Waals surface area contributed by atoms with E-state index in [1.165, 1.54) is 22.9 Å². The van der Waals surface area contributed by atoms with Crippen LogP contribution in [0.1, 0.15) is 10.4 Å². The average Bonchev–Trinajstić information content (AvgIpc) is 2.98. The molecular weight excluding hydrogens is 334 g/mol. The third-order valence-corrected chi connectivity index (χ3v) is 3.47.